The molecule has 1 aliphatic rings. The molecule has 2 N–H and O–H groups in total. The van der Waals surface area contributed by atoms with Gasteiger partial charge < -0.3 is 10.6 Å². The molecule has 0 spiro atoms. The quantitative estimate of drug-likeness (QED) is 0.643. The Morgan fingerprint density at radius 1 is 1.16 bits per heavy atom. The Hall–Kier alpha value is -2.08. The van der Waals surface area contributed by atoms with Crippen LogP contribution in [-0.4, -0.2) is 20.6 Å². The minimum absolute atomic E-state index is 0.573. The molecule has 3 heterocycles. The van der Waals surface area contributed by atoms with E-state index < -0.39 is 0 Å². The number of rotatable bonds is 5. The van der Waals surface area contributed by atoms with Crippen molar-refractivity contribution in [1.82, 2.24) is 14.6 Å². The van der Waals surface area contributed by atoms with Crippen LogP contribution < -0.4 is 10.6 Å². The highest BCUT2D eigenvalue weighted by molar-refractivity contribution is 9.10. The van der Waals surface area contributed by atoms with Gasteiger partial charge in [0.05, 0.1) is 16.2 Å². The van der Waals surface area contributed by atoms with Gasteiger partial charge in [-0.05, 0) is 46.5 Å². The summed E-state index contributed by atoms with van der Waals surface area (Å²) in [5.41, 5.74) is 3.36. The molecule has 5 nitrogen and oxygen atoms in total. The first-order valence-electron chi connectivity index (χ1n) is 8.86. The topological polar surface area (TPSA) is 54.2 Å². The van der Waals surface area contributed by atoms with Crippen molar-refractivity contribution in [1.29, 1.82) is 0 Å². The zero-order chi connectivity index (χ0) is 17.1. The molecule has 3 aromatic heterocycles. The van der Waals surface area contributed by atoms with E-state index in [1.165, 1.54) is 32.1 Å². The van der Waals surface area contributed by atoms with E-state index >= 15 is 0 Å². The molecule has 1 aliphatic carbocycles. The summed E-state index contributed by atoms with van der Waals surface area (Å²) >= 11 is 3.61. The second-order valence-corrected chi connectivity index (χ2v) is 7.47. The van der Waals surface area contributed by atoms with Crippen molar-refractivity contribution in [3.05, 3.63) is 52.9 Å². The summed E-state index contributed by atoms with van der Waals surface area (Å²) in [5.74, 6) is 0.977. The molecule has 0 saturated heterocycles. The van der Waals surface area contributed by atoms with Crippen molar-refractivity contribution >= 4 is 33.0 Å². The van der Waals surface area contributed by atoms with Gasteiger partial charge >= 0.3 is 0 Å². The maximum absolute atomic E-state index is 4.48. The SMILES string of the molecule is Brc1cnn2c(NCc3cccnc3)cc(NC3CCCCC3)cc12. The van der Waals surface area contributed by atoms with E-state index in [2.05, 4.69) is 54.8 Å². The summed E-state index contributed by atoms with van der Waals surface area (Å²) in [6, 6.07) is 8.92. The zero-order valence-corrected chi connectivity index (χ0v) is 15.7. The Bertz CT molecular complexity index is 840. The van der Waals surface area contributed by atoms with E-state index in [9.17, 15) is 0 Å². The minimum atomic E-state index is 0.573. The molecule has 0 aromatic carbocycles. The number of nitrogens with zero attached hydrogens (tertiary/aromatic N) is 3. The van der Waals surface area contributed by atoms with Crippen LogP contribution in [-0.2, 0) is 6.54 Å². The molecule has 0 atom stereocenters. The van der Waals surface area contributed by atoms with Crippen molar-refractivity contribution < 1.29 is 0 Å². The van der Waals surface area contributed by atoms with Crippen LogP contribution in [0.25, 0.3) is 5.52 Å². The molecule has 1 saturated carbocycles. The largest absolute Gasteiger partial charge is 0.382 e. The van der Waals surface area contributed by atoms with Crippen LogP contribution in [0.4, 0.5) is 11.5 Å². The zero-order valence-electron chi connectivity index (χ0n) is 14.1. The molecular weight excluding hydrogens is 378 g/mol. The van der Waals surface area contributed by atoms with Gasteiger partial charge in [0.1, 0.15) is 5.82 Å². The smallest absolute Gasteiger partial charge is 0.130 e. The van der Waals surface area contributed by atoms with E-state index in [1.807, 2.05) is 23.0 Å². The van der Waals surface area contributed by atoms with Crippen LogP contribution in [0.5, 0.6) is 0 Å². The predicted molar refractivity (Wildman–Crippen MR) is 105 cm³/mol. The Labute approximate surface area is 156 Å². The van der Waals surface area contributed by atoms with E-state index in [4.69, 9.17) is 0 Å². The maximum atomic E-state index is 4.48. The highest BCUT2D eigenvalue weighted by Gasteiger charge is 2.15. The number of nitrogens with one attached hydrogen (secondary N) is 2. The molecule has 0 bridgehead atoms. The molecular formula is C19H22BrN5. The van der Waals surface area contributed by atoms with Crippen LogP contribution in [0.3, 0.4) is 0 Å². The van der Waals surface area contributed by atoms with Crippen LogP contribution in [0.1, 0.15) is 37.7 Å². The highest BCUT2D eigenvalue weighted by atomic mass is 79.9. The van der Waals surface area contributed by atoms with Crippen LogP contribution in [0.2, 0.25) is 0 Å². The van der Waals surface area contributed by atoms with Gasteiger partial charge in [0.25, 0.3) is 0 Å². The number of halogens is 1. The van der Waals surface area contributed by atoms with Crippen LogP contribution >= 0.6 is 15.9 Å². The van der Waals surface area contributed by atoms with Crippen LogP contribution in [0.15, 0.2) is 47.3 Å². The Balaban J connectivity index is 1.59. The number of fused-ring (bicyclic) bond motifs is 1. The van der Waals surface area contributed by atoms with E-state index in [1.54, 1.807) is 6.20 Å². The summed E-state index contributed by atoms with van der Waals surface area (Å²) in [6.45, 7) is 0.716. The molecule has 0 aliphatic heterocycles. The molecule has 0 unspecified atom stereocenters. The average Bonchev–Trinajstić information content (AvgIpc) is 3.03. The molecule has 1 fully saturated rings. The molecule has 6 heteroatoms. The summed E-state index contributed by atoms with van der Waals surface area (Å²) in [4.78, 5) is 4.18. The molecule has 3 aromatic rings. The van der Waals surface area contributed by atoms with Gasteiger partial charge in [0, 0.05) is 36.7 Å². The monoisotopic (exact) mass is 399 g/mol. The summed E-state index contributed by atoms with van der Waals surface area (Å²) in [5, 5.41) is 11.7. The molecule has 25 heavy (non-hydrogen) atoms. The van der Waals surface area contributed by atoms with E-state index in [-0.39, 0.29) is 0 Å². The predicted octanol–water partition coefficient (Wildman–Crippen LogP) is 4.85. The summed E-state index contributed by atoms with van der Waals surface area (Å²) in [7, 11) is 0. The lowest BCUT2D eigenvalue weighted by atomic mass is 9.95. The van der Waals surface area contributed by atoms with Gasteiger partial charge in [0.15, 0.2) is 0 Å². The third-order valence-electron chi connectivity index (χ3n) is 4.74. The van der Waals surface area contributed by atoms with Crippen molar-refractivity contribution in [3.63, 3.8) is 0 Å². The highest BCUT2D eigenvalue weighted by Crippen LogP contribution is 2.28. The first kappa shape index (κ1) is 16.4. The van der Waals surface area contributed by atoms with E-state index in [0.717, 1.165) is 27.1 Å². The normalized spacial score (nSPS) is 15.4. The summed E-state index contributed by atoms with van der Waals surface area (Å²) < 4.78 is 2.94. The van der Waals surface area contributed by atoms with Crippen molar-refractivity contribution in [2.75, 3.05) is 10.6 Å². The third kappa shape index (κ3) is 3.79. The summed E-state index contributed by atoms with van der Waals surface area (Å²) in [6.07, 6.45) is 12.0. The Morgan fingerprint density at radius 3 is 2.84 bits per heavy atom. The fourth-order valence-electron chi connectivity index (χ4n) is 3.44. The fraction of sp³-hybridized carbons (Fsp3) is 0.368. The first-order valence-corrected chi connectivity index (χ1v) is 9.65. The number of hydrogen-bond acceptors (Lipinski definition) is 4. The fourth-order valence-corrected chi connectivity index (χ4v) is 3.82. The van der Waals surface area contributed by atoms with Crippen molar-refractivity contribution in [2.45, 2.75) is 44.7 Å². The lowest BCUT2D eigenvalue weighted by Crippen LogP contribution is -2.22. The van der Waals surface area contributed by atoms with Crippen molar-refractivity contribution in [2.24, 2.45) is 0 Å². The van der Waals surface area contributed by atoms with Gasteiger partial charge in [0.2, 0.25) is 0 Å². The van der Waals surface area contributed by atoms with Gasteiger partial charge in [-0.15, -0.1) is 0 Å². The van der Waals surface area contributed by atoms with Gasteiger partial charge in [-0.25, -0.2) is 4.52 Å². The molecule has 4 rings (SSSR count). The standard InChI is InChI=1S/C19H22BrN5/c20-17-13-23-25-18(17)9-16(24-15-6-2-1-3-7-15)10-19(25)22-12-14-5-4-8-21-11-14/h4-5,8-11,13,15,22,24H,1-3,6-7,12H2. The number of pyridine rings is 2. The third-order valence-corrected chi connectivity index (χ3v) is 5.36. The Morgan fingerprint density at radius 2 is 2.04 bits per heavy atom. The second-order valence-electron chi connectivity index (χ2n) is 6.61. The molecule has 130 valence electrons. The first-order chi connectivity index (χ1) is 12.3. The maximum Gasteiger partial charge on any atom is 0.130 e. The number of hydrogen-bond donors (Lipinski definition) is 2. The van der Waals surface area contributed by atoms with Crippen LogP contribution in [0, 0.1) is 0 Å². The lowest BCUT2D eigenvalue weighted by molar-refractivity contribution is 0.463. The number of anilines is 2. The Kier molecular flexibility index (Phi) is 4.88. The lowest BCUT2D eigenvalue weighted by Gasteiger charge is -2.24. The second kappa shape index (κ2) is 7.44. The van der Waals surface area contributed by atoms with Crippen molar-refractivity contribution in [3.8, 4) is 0 Å². The van der Waals surface area contributed by atoms with E-state index in [0.29, 0.717) is 12.6 Å². The minimum Gasteiger partial charge on any atom is -0.382 e. The van der Waals surface area contributed by atoms with Gasteiger partial charge in [-0.2, -0.15) is 5.10 Å². The van der Waals surface area contributed by atoms with Gasteiger partial charge in [-0.1, -0.05) is 25.3 Å². The number of aromatic nitrogens is 3. The molecule has 0 amide bonds. The molecule has 0 radical (unpaired) electrons. The average molecular weight is 400 g/mol. The van der Waals surface area contributed by atoms with Gasteiger partial charge in [-0.3, -0.25) is 4.98 Å².